The lowest BCUT2D eigenvalue weighted by atomic mass is 9.74. The molecule has 0 bridgehead atoms. The highest BCUT2D eigenvalue weighted by Crippen LogP contribution is 2.47. The summed E-state index contributed by atoms with van der Waals surface area (Å²) in [6.07, 6.45) is 0.358. The highest BCUT2D eigenvalue weighted by Gasteiger charge is 2.50. The van der Waals surface area contributed by atoms with Crippen molar-refractivity contribution in [1.82, 2.24) is 5.32 Å². The molecule has 6 nitrogen and oxygen atoms in total. The van der Waals surface area contributed by atoms with Crippen LogP contribution in [0, 0.1) is 28.9 Å². The van der Waals surface area contributed by atoms with Gasteiger partial charge in [-0.25, -0.2) is 13.8 Å². The average molecular weight is 458 g/mol. The Balaban J connectivity index is 1.74. The number of halogens is 2. The maximum Gasteiger partial charge on any atom is 0.257 e. The Morgan fingerprint density at radius 2 is 2.12 bits per heavy atom. The van der Waals surface area contributed by atoms with Gasteiger partial charge in [-0.15, -0.1) is 0 Å². The number of ether oxygens (including phenoxy) is 2. The molecule has 0 radical (unpaired) electrons. The average Bonchev–Trinajstić information content (AvgIpc) is 2.80. The fourth-order valence-electron chi connectivity index (χ4n) is 4.11. The molecule has 32 heavy (non-hydrogen) atoms. The SMILES string of the molecule is COC[C@H]1C[C@H]2CSC(NC(=O)c3ccccc3)=N[C@@]2(c2cc(C#N)c(F)cc2F)CO1. The molecule has 2 aromatic rings. The zero-order valence-corrected chi connectivity index (χ0v) is 18.1. The van der Waals surface area contributed by atoms with E-state index in [1.165, 1.54) is 17.8 Å². The summed E-state index contributed by atoms with van der Waals surface area (Å²) < 4.78 is 40.2. The van der Waals surface area contributed by atoms with Crippen molar-refractivity contribution >= 4 is 22.8 Å². The molecule has 2 aliphatic rings. The van der Waals surface area contributed by atoms with Gasteiger partial charge < -0.3 is 14.8 Å². The molecular formula is C23H21F2N3O3S. The van der Waals surface area contributed by atoms with Gasteiger partial charge in [0.05, 0.1) is 24.9 Å². The lowest BCUT2D eigenvalue weighted by molar-refractivity contribution is -0.0837. The number of rotatable bonds is 4. The minimum atomic E-state index is -1.20. The summed E-state index contributed by atoms with van der Waals surface area (Å²) >= 11 is 1.36. The second-order valence-corrected chi connectivity index (χ2v) is 8.73. The molecule has 166 valence electrons. The molecule has 3 atom stereocenters. The van der Waals surface area contributed by atoms with Gasteiger partial charge in [-0.1, -0.05) is 30.0 Å². The second-order valence-electron chi connectivity index (χ2n) is 7.72. The second kappa shape index (κ2) is 9.36. The van der Waals surface area contributed by atoms with Crippen LogP contribution in [0.2, 0.25) is 0 Å². The third-order valence-electron chi connectivity index (χ3n) is 5.74. The molecule has 2 aliphatic heterocycles. The highest BCUT2D eigenvalue weighted by molar-refractivity contribution is 8.13. The highest BCUT2D eigenvalue weighted by atomic mass is 32.2. The van der Waals surface area contributed by atoms with Gasteiger partial charge in [-0.3, -0.25) is 4.79 Å². The van der Waals surface area contributed by atoms with Crippen molar-refractivity contribution in [2.75, 3.05) is 26.1 Å². The monoisotopic (exact) mass is 457 g/mol. The molecule has 2 heterocycles. The Bertz CT molecular complexity index is 1090. The maximum absolute atomic E-state index is 15.0. The minimum Gasteiger partial charge on any atom is -0.382 e. The topological polar surface area (TPSA) is 83.7 Å². The molecule has 1 amide bonds. The lowest BCUT2D eigenvalue weighted by Gasteiger charge is -2.46. The first kappa shape index (κ1) is 22.4. The number of nitrogens with zero attached hydrogens (tertiary/aromatic N) is 2. The summed E-state index contributed by atoms with van der Waals surface area (Å²) in [6.45, 7) is 0.401. The standard InChI is InChI=1S/C23H21F2N3O3S/c1-30-11-17-8-16-12-32-22(27-21(29)14-5-3-2-4-6-14)28-23(16,13-31-17)18-7-15(10-26)19(24)9-20(18)25/h2-7,9,16-17H,8,11-13H2,1H3,(H,27,28,29)/t16-,17+,23-/m0/s1. The van der Waals surface area contributed by atoms with E-state index in [0.29, 0.717) is 35.6 Å². The lowest BCUT2D eigenvalue weighted by Crippen LogP contribution is -2.52. The van der Waals surface area contributed by atoms with Crippen LogP contribution >= 0.6 is 11.8 Å². The molecule has 4 rings (SSSR count). The number of hydrogen-bond acceptors (Lipinski definition) is 6. The number of nitriles is 1. The van der Waals surface area contributed by atoms with Crippen LogP contribution in [0.4, 0.5) is 8.78 Å². The quantitative estimate of drug-likeness (QED) is 0.758. The summed E-state index contributed by atoms with van der Waals surface area (Å²) in [6, 6.07) is 12.4. The number of methoxy groups -OCH3 is 1. The molecule has 1 N–H and O–H groups in total. The Kier molecular flexibility index (Phi) is 6.55. The van der Waals surface area contributed by atoms with Gasteiger partial charge in [-0.05, 0) is 24.6 Å². The van der Waals surface area contributed by atoms with Crippen LogP contribution in [0.5, 0.6) is 0 Å². The van der Waals surface area contributed by atoms with Crippen molar-refractivity contribution in [1.29, 1.82) is 5.26 Å². The van der Waals surface area contributed by atoms with Gasteiger partial charge in [0.2, 0.25) is 0 Å². The fraction of sp³-hybridized carbons (Fsp3) is 0.348. The zero-order chi connectivity index (χ0) is 22.7. The van der Waals surface area contributed by atoms with Crippen LogP contribution in [-0.2, 0) is 15.0 Å². The summed E-state index contributed by atoms with van der Waals surface area (Å²) in [5.41, 5.74) is -0.912. The summed E-state index contributed by atoms with van der Waals surface area (Å²) in [5.74, 6) is -1.69. The van der Waals surface area contributed by atoms with Gasteiger partial charge in [-0.2, -0.15) is 5.26 Å². The first-order valence-corrected chi connectivity index (χ1v) is 11.0. The van der Waals surface area contributed by atoms with Crippen molar-refractivity contribution < 1.29 is 23.0 Å². The number of benzene rings is 2. The van der Waals surface area contributed by atoms with E-state index in [4.69, 9.17) is 14.5 Å². The van der Waals surface area contributed by atoms with E-state index in [-0.39, 0.29) is 35.7 Å². The van der Waals surface area contributed by atoms with Crippen molar-refractivity contribution in [3.63, 3.8) is 0 Å². The molecule has 0 aliphatic carbocycles. The third kappa shape index (κ3) is 4.26. The van der Waals surface area contributed by atoms with E-state index in [1.807, 2.05) is 6.07 Å². The van der Waals surface area contributed by atoms with Crippen molar-refractivity contribution in [3.8, 4) is 6.07 Å². The number of thioether (sulfide) groups is 1. The molecule has 0 saturated carbocycles. The number of hydrogen-bond donors (Lipinski definition) is 1. The van der Waals surface area contributed by atoms with Gasteiger partial charge >= 0.3 is 0 Å². The molecule has 0 aromatic heterocycles. The molecule has 1 saturated heterocycles. The summed E-state index contributed by atoms with van der Waals surface area (Å²) in [5, 5.41) is 12.4. The van der Waals surface area contributed by atoms with E-state index in [0.717, 1.165) is 0 Å². The largest absolute Gasteiger partial charge is 0.382 e. The number of nitrogens with one attached hydrogen (secondary N) is 1. The minimum absolute atomic E-state index is 0.0182. The predicted molar refractivity (Wildman–Crippen MR) is 116 cm³/mol. The number of amides is 1. The predicted octanol–water partition coefficient (Wildman–Crippen LogP) is 3.62. The van der Waals surface area contributed by atoms with Gasteiger partial charge in [0.1, 0.15) is 23.2 Å². The first-order valence-electron chi connectivity index (χ1n) is 10.1. The van der Waals surface area contributed by atoms with E-state index in [9.17, 15) is 14.4 Å². The van der Waals surface area contributed by atoms with E-state index in [1.54, 1.807) is 37.4 Å². The van der Waals surface area contributed by atoms with E-state index < -0.39 is 17.2 Å². The van der Waals surface area contributed by atoms with Crippen LogP contribution in [0.25, 0.3) is 0 Å². The van der Waals surface area contributed by atoms with E-state index in [2.05, 4.69) is 5.32 Å². The first-order chi connectivity index (χ1) is 15.5. The fourth-order valence-corrected chi connectivity index (χ4v) is 5.28. The van der Waals surface area contributed by atoms with Crippen LogP contribution in [0.15, 0.2) is 47.5 Å². The Morgan fingerprint density at radius 1 is 1.34 bits per heavy atom. The summed E-state index contributed by atoms with van der Waals surface area (Å²) in [4.78, 5) is 17.4. The molecule has 9 heteroatoms. The van der Waals surface area contributed by atoms with Crippen LogP contribution < -0.4 is 5.32 Å². The van der Waals surface area contributed by atoms with Crippen molar-refractivity contribution in [3.05, 3.63) is 70.8 Å². The zero-order valence-electron chi connectivity index (χ0n) is 17.3. The number of carbonyl (C=O) groups excluding carboxylic acids is 1. The molecule has 2 aromatic carbocycles. The maximum atomic E-state index is 15.0. The number of carbonyl (C=O) groups is 1. The van der Waals surface area contributed by atoms with Gasteiger partial charge in [0, 0.05) is 36.0 Å². The summed E-state index contributed by atoms with van der Waals surface area (Å²) in [7, 11) is 1.58. The van der Waals surface area contributed by atoms with Crippen molar-refractivity contribution in [2.24, 2.45) is 10.9 Å². The number of amidine groups is 1. The van der Waals surface area contributed by atoms with Crippen LogP contribution in [-0.4, -0.2) is 43.3 Å². The van der Waals surface area contributed by atoms with Gasteiger partial charge in [0.15, 0.2) is 5.17 Å². The smallest absolute Gasteiger partial charge is 0.257 e. The molecule has 0 unspecified atom stereocenters. The normalized spacial score (nSPS) is 24.8. The molecule has 0 spiro atoms. The van der Waals surface area contributed by atoms with Crippen LogP contribution in [0.3, 0.4) is 0 Å². The number of aliphatic imine (C=N–C) groups is 1. The Labute approximate surface area is 188 Å². The van der Waals surface area contributed by atoms with E-state index >= 15 is 4.39 Å². The van der Waals surface area contributed by atoms with Crippen molar-refractivity contribution in [2.45, 2.75) is 18.1 Å². The Morgan fingerprint density at radius 3 is 2.84 bits per heavy atom. The van der Waals surface area contributed by atoms with Crippen LogP contribution in [0.1, 0.15) is 27.9 Å². The third-order valence-corrected chi connectivity index (χ3v) is 6.77. The number of fused-ring (bicyclic) bond motifs is 1. The molecule has 1 fully saturated rings. The molecular weight excluding hydrogens is 436 g/mol. The Hall–Kier alpha value is -2.80. The van der Waals surface area contributed by atoms with Gasteiger partial charge in [0.25, 0.3) is 5.91 Å².